The molecule has 0 unspecified atom stereocenters. The largest absolute Gasteiger partial charge is 0.344 e. The number of fused-ring (bicyclic) bond motifs is 1. The molecule has 1 heterocycles. The van der Waals surface area contributed by atoms with Gasteiger partial charge >= 0.3 is 0 Å². The molecule has 2 N–H and O–H groups in total. The number of aromatic amines is 1. The van der Waals surface area contributed by atoms with E-state index >= 15 is 0 Å². The zero-order valence-electron chi connectivity index (χ0n) is 12.6. The molecule has 0 spiro atoms. The van der Waals surface area contributed by atoms with E-state index in [-0.39, 0.29) is 11.4 Å². The molecule has 0 fully saturated rings. The van der Waals surface area contributed by atoms with E-state index in [1.54, 1.807) is 25.1 Å². The van der Waals surface area contributed by atoms with Crippen molar-refractivity contribution in [3.05, 3.63) is 69.7 Å². The Bertz CT molecular complexity index is 938. The average molecular weight is 328 g/mol. The highest BCUT2D eigenvalue weighted by Crippen LogP contribution is 2.23. The number of hydrogen-bond acceptors (Lipinski definition) is 4. The van der Waals surface area contributed by atoms with Crippen LogP contribution in [0.4, 0.5) is 10.1 Å². The van der Waals surface area contributed by atoms with Crippen LogP contribution < -0.4 is 5.32 Å². The van der Waals surface area contributed by atoms with Crippen molar-refractivity contribution in [2.45, 2.75) is 13.0 Å². The number of aromatic nitrogens is 2. The van der Waals surface area contributed by atoms with Gasteiger partial charge in [-0.3, -0.25) is 20.0 Å². The van der Waals surface area contributed by atoms with Gasteiger partial charge in [-0.15, -0.1) is 0 Å². The fraction of sp³-hybridized carbons (Fsp3) is 0.125. The fourth-order valence-corrected chi connectivity index (χ4v) is 2.46. The molecule has 8 heteroatoms. The maximum Gasteiger partial charge on any atom is 0.272 e. The van der Waals surface area contributed by atoms with Gasteiger partial charge < -0.3 is 5.32 Å². The molecular formula is C16H13FN4O3. The molecule has 0 saturated heterocycles. The number of carbonyl (C=O) groups excluding carboxylic acids is 1. The van der Waals surface area contributed by atoms with Crippen LogP contribution in [-0.4, -0.2) is 21.0 Å². The lowest BCUT2D eigenvalue weighted by Crippen LogP contribution is -2.27. The molecule has 24 heavy (non-hydrogen) atoms. The Labute approximate surface area is 135 Å². The summed E-state index contributed by atoms with van der Waals surface area (Å²) in [4.78, 5) is 22.7. The second kappa shape index (κ2) is 6.07. The summed E-state index contributed by atoms with van der Waals surface area (Å²) in [6, 6.07) is 9.63. The van der Waals surface area contributed by atoms with Crippen molar-refractivity contribution in [1.29, 1.82) is 0 Å². The molecule has 2 aromatic carbocycles. The molecule has 122 valence electrons. The number of amides is 1. The van der Waals surface area contributed by atoms with E-state index in [0.29, 0.717) is 16.5 Å². The number of halogens is 1. The average Bonchev–Trinajstić information content (AvgIpc) is 2.98. The Kier molecular flexibility index (Phi) is 3.95. The quantitative estimate of drug-likeness (QED) is 0.567. The number of nitro groups is 1. The number of hydrogen-bond donors (Lipinski definition) is 2. The van der Waals surface area contributed by atoms with Crippen LogP contribution in [0.1, 0.15) is 29.0 Å². The Balaban J connectivity index is 1.90. The van der Waals surface area contributed by atoms with Crippen LogP contribution in [0.15, 0.2) is 42.5 Å². The first-order valence-electron chi connectivity index (χ1n) is 7.15. The van der Waals surface area contributed by atoms with Gasteiger partial charge in [0, 0.05) is 23.1 Å². The second-order valence-corrected chi connectivity index (χ2v) is 5.28. The smallest absolute Gasteiger partial charge is 0.272 e. The molecule has 0 radical (unpaired) electrons. The number of rotatable bonds is 4. The molecule has 0 aliphatic rings. The van der Waals surface area contributed by atoms with Gasteiger partial charge in [-0.25, -0.2) is 4.39 Å². The zero-order valence-corrected chi connectivity index (χ0v) is 12.6. The number of carbonyl (C=O) groups is 1. The summed E-state index contributed by atoms with van der Waals surface area (Å²) >= 11 is 0. The maximum atomic E-state index is 13.8. The third kappa shape index (κ3) is 2.81. The van der Waals surface area contributed by atoms with Gasteiger partial charge in [0.2, 0.25) is 0 Å². The van der Waals surface area contributed by atoms with Crippen LogP contribution in [-0.2, 0) is 0 Å². The number of nitro benzene ring substituents is 1. The van der Waals surface area contributed by atoms with E-state index in [0.717, 1.165) is 0 Å². The fourth-order valence-electron chi connectivity index (χ4n) is 2.46. The van der Waals surface area contributed by atoms with Crippen molar-refractivity contribution in [3.8, 4) is 0 Å². The molecule has 0 aliphatic heterocycles. The third-order valence-electron chi connectivity index (χ3n) is 3.69. The Morgan fingerprint density at radius 2 is 2.08 bits per heavy atom. The molecule has 3 rings (SSSR count). The SMILES string of the molecule is C[C@@H](NC(=O)c1n[nH]c2ccc([N+](=O)[O-])cc12)c1ccccc1F. The molecule has 0 bridgehead atoms. The van der Waals surface area contributed by atoms with E-state index in [9.17, 15) is 19.3 Å². The van der Waals surface area contributed by atoms with Gasteiger partial charge in [0.15, 0.2) is 5.69 Å². The van der Waals surface area contributed by atoms with Gasteiger partial charge in [0.25, 0.3) is 11.6 Å². The molecule has 1 atom stereocenters. The van der Waals surface area contributed by atoms with Crippen molar-refractivity contribution in [1.82, 2.24) is 15.5 Å². The van der Waals surface area contributed by atoms with E-state index < -0.39 is 22.7 Å². The molecule has 3 aromatic rings. The van der Waals surface area contributed by atoms with Gasteiger partial charge in [0.1, 0.15) is 5.82 Å². The van der Waals surface area contributed by atoms with Crippen LogP contribution >= 0.6 is 0 Å². The van der Waals surface area contributed by atoms with E-state index in [1.165, 1.54) is 24.3 Å². The number of benzene rings is 2. The Morgan fingerprint density at radius 1 is 1.33 bits per heavy atom. The van der Waals surface area contributed by atoms with Crippen LogP contribution in [0.3, 0.4) is 0 Å². The molecule has 1 amide bonds. The predicted molar refractivity (Wildman–Crippen MR) is 85.0 cm³/mol. The number of nitrogens with zero attached hydrogens (tertiary/aromatic N) is 2. The first kappa shape index (κ1) is 15.6. The number of H-pyrrole nitrogens is 1. The number of non-ortho nitro benzene ring substituents is 1. The van der Waals surface area contributed by atoms with E-state index in [2.05, 4.69) is 15.5 Å². The summed E-state index contributed by atoms with van der Waals surface area (Å²) in [6.07, 6.45) is 0. The molecule has 7 nitrogen and oxygen atoms in total. The predicted octanol–water partition coefficient (Wildman–Crippen LogP) is 3.10. The first-order valence-corrected chi connectivity index (χ1v) is 7.15. The van der Waals surface area contributed by atoms with Gasteiger partial charge in [-0.05, 0) is 19.1 Å². The lowest BCUT2D eigenvalue weighted by atomic mass is 10.1. The summed E-state index contributed by atoms with van der Waals surface area (Å²) in [5.41, 5.74) is 0.734. The van der Waals surface area contributed by atoms with Crippen molar-refractivity contribution >= 4 is 22.5 Å². The molecular weight excluding hydrogens is 315 g/mol. The number of nitrogens with one attached hydrogen (secondary N) is 2. The topological polar surface area (TPSA) is 101 Å². The first-order chi connectivity index (χ1) is 11.5. The second-order valence-electron chi connectivity index (χ2n) is 5.28. The van der Waals surface area contributed by atoms with Crippen LogP contribution in [0.25, 0.3) is 10.9 Å². The molecule has 1 aromatic heterocycles. The standard InChI is InChI=1S/C16H13FN4O3/c1-9(11-4-2-3-5-13(11)17)18-16(22)15-12-8-10(21(23)24)6-7-14(12)19-20-15/h2-9H,1H3,(H,18,22)(H,19,20)/t9-/m1/s1. The Morgan fingerprint density at radius 3 is 2.79 bits per heavy atom. The lowest BCUT2D eigenvalue weighted by molar-refractivity contribution is -0.384. The Hall–Kier alpha value is -3.29. The highest BCUT2D eigenvalue weighted by Gasteiger charge is 2.20. The van der Waals surface area contributed by atoms with E-state index in [4.69, 9.17) is 0 Å². The minimum absolute atomic E-state index is 0.0249. The van der Waals surface area contributed by atoms with Gasteiger partial charge in [-0.1, -0.05) is 18.2 Å². The minimum Gasteiger partial charge on any atom is -0.344 e. The highest BCUT2D eigenvalue weighted by molar-refractivity contribution is 6.05. The molecule has 0 saturated carbocycles. The summed E-state index contributed by atoms with van der Waals surface area (Å²) in [6.45, 7) is 1.65. The summed E-state index contributed by atoms with van der Waals surface area (Å²) in [7, 11) is 0. The van der Waals surface area contributed by atoms with Crippen molar-refractivity contribution in [2.24, 2.45) is 0 Å². The minimum atomic E-state index is -0.579. The van der Waals surface area contributed by atoms with Crippen LogP contribution in [0.5, 0.6) is 0 Å². The van der Waals surface area contributed by atoms with Gasteiger partial charge in [-0.2, -0.15) is 5.10 Å². The zero-order chi connectivity index (χ0) is 17.3. The van der Waals surface area contributed by atoms with Gasteiger partial charge in [0.05, 0.1) is 16.5 Å². The summed E-state index contributed by atoms with van der Waals surface area (Å²) in [5.74, 6) is -0.967. The summed E-state index contributed by atoms with van der Waals surface area (Å²) < 4.78 is 13.8. The van der Waals surface area contributed by atoms with Crippen molar-refractivity contribution in [2.75, 3.05) is 0 Å². The monoisotopic (exact) mass is 328 g/mol. The van der Waals surface area contributed by atoms with E-state index in [1.807, 2.05) is 0 Å². The van der Waals surface area contributed by atoms with Crippen LogP contribution in [0.2, 0.25) is 0 Å². The van der Waals surface area contributed by atoms with Crippen molar-refractivity contribution in [3.63, 3.8) is 0 Å². The maximum absolute atomic E-state index is 13.8. The van der Waals surface area contributed by atoms with Crippen molar-refractivity contribution < 1.29 is 14.1 Å². The normalized spacial score (nSPS) is 12.1. The molecule has 0 aliphatic carbocycles. The third-order valence-corrected chi connectivity index (χ3v) is 3.69. The highest BCUT2D eigenvalue weighted by atomic mass is 19.1. The summed E-state index contributed by atoms with van der Waals surface area (Å²) in [5, 5.41) is 20.4. The van der Waals surface area contributed by atoms with Crippen LogP contribution in [0, 0.1) is 15.9 Å². The lowest BCUT2D eigenvalue weighted by Gasteiger charge is -2.14.